The van der Waals surface area contributed by atoms with Crippen molar-refractivity contribution in [3.05, 3.63) is 89.5 Å². The van der Waals surface area contributed by atoms with Gasteiger partial charge in [0.25, 0.3) is 6.43 Å². The van der Waals surface area contributed by atoms with Gasteiger partial charge in [-0.05, 0) is 49.6 Å². The molecule has 0 spiro atoms. The van der Waals surface area contributed by atoms with Gasteiger partial charge in [0.1, 0.15) is 12.3 Å². The number of nitrogens with zero attached hydrogens (tertiary/aromatic N) is 5. The van der Waals surface area contributed by atoms with Crippen LogP contribution < -0.4 is 15.0 Å². The van der Waals surface area contributed by atoms with Crippen LogP contribution in [0.15, 0.2) is 67.0 Å². The second-order valence-corrected chi connectivity index (χ2v) is 10.1. The number of rotatable bonds is 10. The van der Waals surface area contributed by atoms with Crippen molar-refractivity contribution in [1.82, 2.24) is 25.4 Å². The fourth-order valence-corrected chi connectivity index (χ4v) is 4.71. The van der Waals surface area contributed by atoms with E-state index in [1.54, 1.807) is 18.2 Å². The summed E-state index contributed by atoms with van der Waals surface area (Å²) in [6.45, 7) is 10.5. The lowest BCUT2D eigenvalue weighted by molar-refractivity contribution is -0.123. The second kappa shape index (κ2) is 11.3. The van der Waals surface area contributed by atoms with Gasteiger partial charge >= 0.3 is 0 Å². The summed E-state index contributed by atoms with van der Waals surface area (Å²) >= 11 is 0. The van der Waals surface area contributed by atoms with E-state index in [0.717, 1.165) is 37.4 Å². The third-order valence-electron chi connectivity index (χ3n) is 7.35. The standard InChI is InChI=1S/C29H32F2N6O2/c1-20(2)36-13-15-37(16-14-36)23-6-3-21(4-7-23)17-33-28(38)29(11-12-29)25-9-10-26(35-34-25)39-19-22-5-8-24(27(30)31)32-18-22/h3-10,18,27H,1,11-17,19H2,2H3,(H,33,38). The lowest BCUT2D eigenvalue weighted by Gasteiger charge is -2.37. The maximum atomic E-state index is 13.1. The quantitative estimate of drug-likeness (QED) is 0.413. The molecule has 2 aliphatic rings. The molecule has 1 saturated heterocycles. The Labute approximate surface area is 226 Å². The summed E-state index contributed by atoms with van der Waals surface area (Å²) in [6.07, 6.45) is 0.172. The van der Waals surface area contributed by atoms with Gasteiger partial charge in [-0.3, -0.25) is 9.78 Å². The number of pyridine rings is 1. The Bertz CT molecular complexity index is 1290. The minimum atomic E-state index is -2.61. The Kier molecular flexibility index (Phi) is 7.72. The maximum Gasteiger partial charge on any atom is 0.280 e. The first-order valence-corrected chi connectivity index (χ1v) is 13.1. The van der Waals surface area contributed by atoms with Gasteiger partial charge in [0.15, 0.2) is 0 Å². The molecule has 1 amide bonds. The van der Waals surface area contributed by atoms with Crippen LogP contribution >= 0.6 is 0 Å². The van der Waals surface area contributed by atoms with Crippen molar-refractivity contribution in [1.29, 1.82) is 0 Å². The topological polar surface area (TPSA) is 83.5 Å². The lowest BCUT2D eigenvalue weighted by Crippen LogP contribution is -2.45. The molecule has 3 aromatic rings. The first-order chi connectivity index (χ1) is 18.8. The average molecular weight is 535 g/mol. The Morgan fingerprint density at radius 3 is 2.31 bits per heavy atom. The van der Waals surface area contributed by atoms with E-state index in [9.17, 15) is 13.6 Å². The number of ether oxygens (including phenoxy) is 1. The van der Waals surface area contributed by atoms with E-state index in [4.69, 9.17) is 4.74 Å². The molecule has 3 heterocycles. The Morgan fingerprint density at radius 1 is 1.03 bits per heavy atom. The monoisotopic (exact) mass is 534 g/mol. The van der Waals surface area contributed by atoms with Crippen molar-refractivity contribution in [3.63, 3.8) is 0 Å². The normalized spacial score (nSPS) is 16.2. The number of aromatic nitrogens is 3. The molecule has 39 heavy (non-hydrogen) atoms. The third-order valence-corrected chi connectivity index (χ3v) is 7.35. The first-order valence-electron chi connectivity index (χ1n) is 13.1. The number of piperazine rings is 1. The van der Waals surface area contributed by atoms with Gasteiger partial charge in [-0.15, -0.1) is 5.10 Å². The van der Waals surface area contributed by atoms with E-state index < -0.39 is 11.8 Å². The van der Waals surface area contributed by atoms with Crippen molar-refractivity contribution >= 4 is 11.6 Å². The SMILES string of the molecule is C=C(C)N1CCN(c2ccc(CNC(=O)C3(c4ccc(OCc5ccc(C(F)F)nc5)nn4)CC3)cc2)CC1. The molecule has 5 rings (SSSR count). The van der Waals surface area contributed by atoms with Crippen LogP contribution in [0.3, 0.4) is 0 Å². The van der Waals surface area contributed by atoms with Crippen LogP contribution in [0, 0.1) is 0 Å². The predicted octanol–water partition coefficient (Wildman–Crippen LogP) is 4.39. The molecule has 0 radical (unpaired) electrons. The van der Waals surface area contributed by atoms with Crippen LogP contribution in [0.5, 0.6) is 5.88 Å². The predicted molar refractivity (Wildman–Crippen MR) is 143 cm³/mol. The number of halogens is 2. The van der Waals surface area contributed by atoms with E-state index in [1.165, 1.54) is 18.0 Å². The van der Waals surface area contributed by atoms with Gasteiger partial charge in [-0.2, -0.15) is 5.10 Å². The highest BCUT2D eigenvalue weighted by Crippen LogP contribution is 2.47. The number of amides is 1. The second-order valence-electron chi connectivity index (χ2n) is 10.1. The highest BCUT2D eigenvalue weighted by Gasteiger charge is 2.52. The lowest BCUT2D eigenvalue weighted by atomic mass is 10.0. The van der Waals surface area contributed by atoms with E-state index in [-0.39, 0.29) is 24.1 Å². The molecule has 10 heteroatoms. The van der Waals surface area contributed by atoms with Crippen LogP contribution in [0.2, 0.25) is 0 Å². The smallest absolute Gasteiger partial charge is 0.280 e. The molecule has 1 aliphatic heterocycles. The van der Waals surface area contributed by atoms with Crippen LogP contribution in [0.25, 0.3) is 0 Å². The summed E-state index contributed by atoms with van der Waals surface area (Å²) in [5.41, 5.74) is 3.64. The summed E-state index contributed by atoms with van der Waals surface area (Å²) in [6, 6.07) is 14.6. The van der Waals surface area contributed by atoms with Gasteiger partial charge in [0.2, 0.25) is 11.8 Å². The average Bonchev–Trinajstić information content (AvgIpc) is 3.78. The zero-order valence-electron chi connectivity index (χ0n) is 21.9. The fourth-order valence-electron chi connectivity index (χ4n) is 4.71. The molecule has 0 atom stereocenters. The molecule has 2 aromatic heterocycles. The van der Waals surface area contributed by atoms with Crippen molar-refractivity contribution in [3.8, 4) is 5.88 Å². The number of allylic oxidation sites excluding steroid dienone is 1. The van der Waals surface area contributed by atoms with Crippen LogP contribution in [-0.4, -0.2) is 52.2 Å². The highest BCUT2D eigenvalue weighted by atomic mass is 19.3. The first kappa shape index (κ1) is 26.5. The molecule has 0 bridgehead atoms. The van der Waals surface area contributed by atoms with E-state index in [2.05, 4.69) is 61.1 Å². The molecule has 1 saturated carbocycles. The van der Waals surface area contributed by atoms with Crippen LogP contribution in [-0.2, 0) is 23.4 Å². The molecule has 2 fully saturated rings. The Hall–Kier alpha value is -4.08. The van der Waals surface area contributed by atoms with Crippen molar-refractivity contribution in [2.75, 3.05) is 31.1 Å². The van der Waals surface area contributed by atoms with E-state index >= 15 is 0 Å². The Balaban J connectivity index is 1.11. The maximum absolute atomic E-state index is 13.1. The van der Waals surface area contributed by atoms with Gasteiger partial charge in [0, 0.05) is 61.9 Å². The molecular weight excluding hydrogens is 502 g/mol. The summed E-state index contributed by atoms with van der Waals surface area (Å²) < 4.78 is 30.9. The minimum absolute atomic E-state index is 0.0596. The number of anilines is 1. The molecule has 8 nitrogen and oxygen atoms in total. The summed E-state index contributed by atoms with van der Waals surface area (Å²) in [5.74, 6) is 0.227. The van der Waals surface area contributed by atoms with E-state index in [1.807, 2.05) is 6.92 Å². The third kappa shape index (κ3) is 6.16. The minimum Gasteiger partial charge on any atom is -0.472 e. The van der Waals surface area contributed by atoms with Crippen molar-refractivity contribution in [2.45, 2.75) is 44.8 Å². The molecule has 1 aromatic carbocycles. The fraction of sp³-hybridized carbons (Fsp3) is 0.379. The number of nitrogens with one attached hydrogen (secondary N) is 1. The number of benzene rings is 1. The number of hydrogen-bond donors (Lipinski definition) is 1. The number of hydrogen-bond acceptors (Lipinski definition) is 7. The summed E-state index contributed by atoms with van der Waals surface area (Å²) in [5, 5.41) is 11.4. The molecule has 204 valence electrons. The largest absolute Gasteiger partial charge is 0.472 e. The van der Waals surface area contributed by atoms with Gasteiger partial charge in [-0.1, -0.05) is 24.8 Å². The van der Waals surface area contributed by atoms with Gasteiger partial charge < -0.3 is 19.9 Å². The zero-order valence-corrected chi connectivity index (χ0v) is 21.9. The van der Waals surface area contributed by atoms with Gasteiger partial charge in [0.05, 0.1) is 11.1 Å². The van der Waals surface area contributed by atoms with Crippen LogP contribution in [0.1, 0.15) is 48.7 Å². The number of carbonyl (C=O) groups excluding carboxylic acids is 1. The summed E-state index contributed by atoms with van der Waals surface area (Å²) in [7, 11) is 0. The Morgan fingerprint density at radius 2 is 1.74 bits per heavy atom. The highest BCUT2D eigenvalue weighted by molar-refractivity contribution is 5.90. The summed E-state index contributed by atoms with van der Waals surface area (Å²) in [4.78, 5) is 21.5. The van der Waals surface area contributed by atoms with Crippen molar-refractivity contribution in [2.24, 2.45) is 0 Å². The van der Waals surface area contributed by atoms with E-state index in [0.29, 0.717) is 30.6 Å². The number of carbonyl (C=O) groups is 1. The number of alkyl halides is 2. The zero-order chi connectivity index (χ0) is 27.4. The molecular formula is C29H32F2N6O2. The van der Waals surface area contributed by atoms with Crippen molar-refractivity contribution < 1.29 is 18.3 Å². The molecule has 1 N–H and O–H groups in total. The van der Waals surface area contributed by atoms with Crippen LogP contribution in [0.4, 0.5) is 14.5 Å². The molecule has 0 unspecified atom stereocenters. The van der Waals surface area contributed by atoms with Gasteiger partial charge in [-0.25, -0.2) is 8.78 Å². The molecule has 1 aliphatic carbocycles.